The maximum Gasteiger partial charge on any atom is 0.221 e. The molecule has 1 aromatic heterocycles. The van der Waals surface area contributed by atoms with Crippen molar-refractivity contribution in [2.75, 3.05) is 26.2 Å². The van der Waals surface area contributed by atoms with E-state index in [2.05, 4.69) is 49.5 Å². The van der Waals surface area contributed by atoms with Crippen molar-refractivity contribution < 1.29 is 4.74 Å². The number of ether oxygens (including phenoxy) is 1. The minimum atomic E-state index is -0.145. The number of rotatable bonds is 6. The molecule has 0 saturated carbocycles. The van der Waals surface area contributed by atoms with Gasteiger partial charge >= 0.3 is 0 Å². The summed E-state index contributed by atoms with van der Waals surface area (Å²) >= 11 is 6.18. The van der Waals surface area contributed by atoms with Gasteiger partial charge in [0.2, 0.25) is 5.88 Å². The molecule has 5 heteroatoms. The van der Waals surface area contributed by atoms with Crippen molar-refractivity contribution in [3.05, 3.63) is 16.5 Å². The van der Waals surface area contributed by atoms with Crippen LogP contribution in [0.25, 0.3) is 0 Å². The van der Waals surface area contributed by atoms with Gasteiger partial charge in [-0.3, -0.25) is 0 Å². The highest BCUT2D eigenvalue weighted by atomic mass is 35.5. The Kier molecular flexibility index (Phi) is 6.21. The number of halogens is 1. The van der Waals surface area contributed by atoms with E-state index in [0.29, 0.717) is 23.5 Å². The molecule has 0 N–H and O–H groups in total. The molecular formula is C15H26ClN3O. The second-order valence-electron chi connectivity index (χ2n) is 5.89. The molecule has 0 aliphatic rings. The summed E-state index contributed by atoms with van der Waals surface area (Å²) in [7, 11) is 0. The quantitative estimate of drug-likeness (QED) is 0.754. The molecule has 1 aromatic rings. The second kappa shape index (κ2) is 7.23. The minimum Gasteiger partial charge on any atom is -0.476 e. The monoisotopic (exact) mass is 299 g/mol. The van der Waals surface area contributed by atoms with Gasteiger partial charge in [0, 0.05) is 17.5 Å². The highest BCUT2D eigenvalue weighted by Crippen LogP contribution is 2.27. The van der Waals surface area contributed by atoms with Crippen LogP contribution in [0.3, 0.4) is 0 Å². The van der Waals surface area contributed by atoms with Gasteiger partial charge in [0.05, 0.1) is 0 Å². The molecule has 1 rings (SSSR count). The van der Waals surface area contributed by atoms with E-state index in [0.717, 1.165) is 25.2 Å². The van der Waals surface area contributed by atoms with E-state index in [1.54, 1.807) is 0 Å². The summed E-state index contributed by atoms with van der Waals surface area (Å²) in [5.74, 6) is 1.31. The van der Waals surface area contributed by atoms with E-state index in [9.17, 15) is 0 Å². The van der Waals surface area contributed by atoms with E-state index >= 15 is 0 Å². The summed E-state index contributed by atoms with van der Waals surface area (Å²) in [6.45, 7) is 15.9. The average molecular weight is 300 g/mol. The molecule has 0 aliphatic carbocycles. The van der Waals surface area contributed by atoms with Gasteiger partial charge < -0.3 is 9.64 Å². The highest BCUT2D eigenvalue weighted by molar-refractivity contribution is 6.30. The van der Waals surface area contributed by atoms with Crippen LogP contribution < -0.4 is 4.74 Å². The zero-order valence-electron chi connectivity index (χ0n) is 13.5. The maximum absolute atomic E-state index is 6.18. The molecule has 0 aliphatic heterocycles. The fourth-order valence-corrected chi connectivity index (χ4v) is 1.92. The normalized spacial score (nSPS) is 12.0. The first kappa shape index (κ1) is 17.2. The molecule has 0 bridgehead atoms. The van der Waals surface area contributed by atoms with Crippen molar-refractivity contribution in [3.63, 3.8) is 0 Å². The number of aromatic nitrogens is 2. The zero-order chi connectivity index (χ0) is 15.3. The summed E-state index contributed by atoms with van der Waals surface area (Å²) in [5.41, 5.74) is 0.660. The van der Waals surface area contributed by atoms with Crippen LogP contribution in [-0.2, 0) is 5.41 Å². The molecule has 1 heterocycles. The molecule has 0 unspecified atom stereocenters. The Morgan fingerprint density at radius 2 is 1.75 bits per heavy atom. The molecule has 0 spiro atoms. The summed E-state index contributed by atoms with van der Waals surface area (Å²) in [5, 5.41) is 0.475. The third-order valence-corrected chi connectivity index (χ3v) is 3.62. The predicted molar refractivity (Wildman–Crippen MR) is 83.8 cm³/mol. The third kappa shape index (κ3) is 4.60. The van der Waals surface area contributed by atoms with Gasteiger partial charge in [0.15, 0.2) is 0 Å². The average Bonchev–Trinajstić information content (AvgIpc) is 2.38. The number of hydrogen-bond donors (Lipinski definition) is 0. The van der Waals surface area contributed by atoms with Gasteiger partial charge in [-0.2, -0.15) is 4.98 Å². The first-order chi connectivity index (χ1) is 9.29. The van der Waals surface area contributed by atoms with Gasteiger partial charge in [-0.25, -0.2) is 4.98 Å². The van der Waals surface area contributed by atoms with Gasteiger partial charge in [-0.05, 0) is 20.0 Å². The first-order valence-electron chi connectivity index (χ1n) is 7.19. The van der Waals surface area contributed by atoms with E-state index < -0.39 is 0 Å². The lowest BCUT2D eigenvalue weighted by molar-refractivity contribution is 0.216. The van der Waals surface area contributed by atoms with Crippen LogP contribution in [-0.4, -0.2) is 41.1 Å². The lowest BCUT2D eigenvalue weighted by atomic mass is 9.96. The summed E-state index contributed by atoms with van der Waals surface area (Å²) in [6.07, 6.45) is 0. The van der Waals surface area contributed by atoms with Crippen LogP contribution in [0.5, 0.6) is 5.88 Å². The minimum absolute atomic E-state index is 0.145. The molecule has 114 valence electrons. The Hall–Kier alpha value is -0.870. The molecule has 0 amide bonds. The van der Waals surface area contributed by atoms with Crippen LogP contribution in [0, 0.1) is 6.92 Å². The second-order valence-corrected chi connectivity index (χ2v) is 6.25. The Labute approximate surface area is 127 Å². The largest absolute Gasteiger partial charge is 0.476 e. The molecular weight excluding hydrogens is 274 g/mol. The predicted octanol–water partition coefficient (Wildman–Crippen LogP) is 3.46. The summed E-state index contributed by atoms with van der Waals surface area (Å²) in [4.78, 5) is 11.2. The number of hydrogen-bond acceptors (Lipinski definition) is 4. The van der Waals surface area contributed by atoms with E-state index in [1.165, 1.54) is 0 Å². The van der Waals surface area contributed by atoms with Gasteiger partial charge in [-0.15, -0.1) is 0 Å². The van der Waals surface area contributed by atoms with Crippen LogP contribution in [0.2, 0.25) is 5.15 Å². The Balaban J connectivity index is 2.81. The Morgan fingerprint density at radius 3 is 2.25 bits per heavy atom. The summed E-state index contributed by atoms with van der Waals surface area (Å²) in [6, 6.07) is 0. The lowest BCUT2D eigenvalue weighted by Gasteiger charge is -2.20. The fourth-order valence-electron chi connectivity index (χ4n) is 1.76. The fraction of sp³-hybridized carbons (Fsp3) is 0.733. The SMILES string of the molecule is CCN(CC)CCOc1nc(C(C)(C)C)nc(Cl)c1C. The van der Waals surface area contributed by atoms with Crippen LogP contribution in [0.1, 0.15) is 46.0 Å². The third-order valence-electron chi connectivity index (χ3n) is 3.25. The topological polar surface area (TPSA) is 38.2 Å². The zero-order valence-corrected chi connectivity index (χ0v) is 14.2. The van der Waals surface area contributed by atoms with Crippen molar-refractivity contribution in [1.29, 1.82) is 0 Å². The first-order valence-corrected chi connectivity index (χ1v) is 7.57. The van der Waals surface area contributed by atoms with Crippen molar-refractivity contribution in [1.82, 2.24) is 14.9 Å². The summed E-state index contributed by atoms with van der Waals surface area (Å²) < 4.78 is 5.81. The Morgan fingerprint density at radius 1 is 1.15 bits per heavy atom. The number of nitrogens with zero attached hydrogens (tertiary/aromatic N) is 3. The van der Waals surface area contributed by atoms with Crippen LogP contribution in [0.4, 0.5) is 0 Å². The Bertz CT molecular complexity index is 439. The van der Waals surface area contributed by atoms with Crippen molar-refractivity contribution in [2.45, 2.75) is 47.0 Å². The van der Waals surface area contributed by atoms with E-state index in [4.69, 9.17) is 16.3 Å². The molecule has 0 aromatic carbocycles. The van der Waals surface area contributed by atoms with Crippen LogP contribution in [0.15, 0.2) is 0 Å². The van der Waals surface area contributed by atoms with Gasteiger partial charge in [0.25, 0.3) is 0 Å². The molecule has 0 fully saturated rings. The molecule has 0 atom stereocenters. The van der Waals surface area contributed by atoms with Gasteiger partial charge in [-0.1, -0.05) is 46.2 Å². The molecule has 0 radical (unpaired) electrons. The highest BCUT2D eigenvalue weighted by Gasteiger charge is 2.21. The van der Waals surface area contributed by atoms with Crippen molar-refractivity contribution in [3.8, 4) is 5.88 Å². The van der Waals surface area contributed by atoms with Crippen molar-refractivity contribution in [2.24, 2.45) is 0 Å². The number of likely N-dealkylation sites (N-methyl/N-ethyl adjacent to an activating group) is 1. The molecule has 20 heavy (non-hydrogen) atoms. The van der Waals surface area contributed by atoms with E-state index in [1.807, 2.05) is 6.92 Å². The standard InChI is InChI=1S/C15H26ClN3O/c1-7-19(8-2)9-10-20-13-11(3)12(16)17-14(18-13)15(4,5)6/h7-10H2,1-6H3. The van der Waals surface area contributed by atoms with Crippen LogP contribution >= 0.6 is 11.6 Å². The molecule has 4 nitrogen and oxygen atoms in total. The lowest BCUT2D eigenvalue weighted by Crippen LogP contribution is -2.28. The van der Waals surface area contributed by atoms with E-state index in [-0.39, 0.29) is 5.41 Å². The maximum atomic E-state index is 6.18. The molecule has 0 saturated heterocycles. The smallest absolute Gasteiger partial charge is 0.221 e. The van der Waals surface area contributed by atoms with Gasteiger partial charge in [0.1, 0.15) is 17.6 Å². The van der Waals surface area contributed by atoms with Crippen molar-refractivity contribution >= 4 is 11.6 Å².